The average molecular weight is 397 g/mol. The van der Waals surface area contributed by atoms with Crippen LogP contribution in [0.3, 0.4) is 0 Å². The first-order valence-corrected chi connectivity index (χ1v) is 8.63. The van der Waals surface area contributed by atoms with E-state index in [2.05, 4.69) is 15.0 Å². The summed E-state index contributed by atoms with van der Waals surface area (Å²) in [6.45, 7) is -0.0711. The molecule has 0 saturated heterocycles. The van der Waals surface area contributed by atoms with Crippen molar-refractivity contribution in [2.45, 2.75) is 12.8 Å². The number of H-pyrrole nitrogens is 1. The largest absolute Gasteiger partial charge is 0.473 e. The number of aromatic amines is 1. The number of carbonyl (C=O) groups is 1. The van der Waals surface area contributed by atoms with Crippen molar-refractivity contribution >= 4 is 16.8 Å². The second kappa shape index (κ2) is 7.38. The van der Waals surface area contributed by atoms with Gasteiger partial charge in [-0.25, -0.2) is 9.97 Å². The zero-order valence-electron chi connectivity index (χ0n) is 14.9. The van der Waals surface area contributed by atoms with Crippen molar-refractivity contribution in [3.63, 3.8) is 0 Å². The van der Waals surface area contributed by atoms with Crippen LogP contribution in [0.5, 0.6) is 5.88 Å². The Hall–Kier alpha value is -3.68. The average Bonchev–Trinajstić information content (AvgIpc) is 3.16. The van der Waals surface area contributed by atoms with Crippen LogP contribution >= 0.6 is 0 Å². The van der Waals surface area contributed by atoms with E-state index in [1.807, 2.05) is 0 Å². The van der Waals surface area contributed by atoms with E-state index < -0.39 is 11.7 Å². The first-order valence-electron chi connectivity index (χ1n) is 8.63. The summed E-state index contributed by atoms with van der Waals surface area (Å²) in [6.07, 6.45) is 0.191. The van der Waals surface area contributed by atoms with Gasteiger partial charge in [-0.3, -0.25) is 4.79 Å². The van der Waals surface area contributed by atoms with Crippen molar-refractivity contribution in [2.75, 3.05) is 0 Å². The maximum Gasteiger partial charge on any atom is 0.416 e. The van der Waals surface area contributed by atoms with Crippen molar-refractivity contribution in [2.24, 2.45) is 0 Å². The maximum absolute atomic E-state index is 12.8. The number of alkyl halides is 3. The van der Waals surface area contributed by atoms with Crippen LogP contribution < -0.4 is 4.74 Å². The van der Waals surface area contributed by atoms with Crippen molar-refractivity contribution < 1.29 is 22.7 Å². The van der Waals surface area contributed by atoms with Gasteiger partial charge in [0.1, 0.15) is 12.3 Å². The SMILES string of the molecule is O=C(c1ccc(OCc2cccc(C(F)(F)F)c2)nc1)c1c[nH]c2ncccc12. The van der Waals surface area contributed by atoms with E-state index in [-0.39, 0.29) is 18.3 Å². The summed E-state index contributed by atoms with van der Waals surface area (Å²) in [5.74, 6) is -0.0132. The quantitative estimate of drug-likeness (QED) is 0.492. The Morgan fingerprint density at radius 1 is 1.07 bits per heavy atom. The lowest BCUT2D eigenvalue weighted by molar-refractivity contribution is -0.137. The molecule has 146 valence electrons. The van der Waals surface area contributed by atoms with Crippen molar-refractivity contribution in [1.29, 1.82) is 0 Å². The van der Waals surface area contributed by atoms with Crippen LogP contribution in [0.2, 0.25) is 0 Å². The zero-order valence-corrected chi connectivity index (χ0v) is 14.9. The number of hydrogen-bond donors (Lipinski definition) is 1. The lowest BCUT2D eigenvalue weighted by Gasteiger charge is -2.09. The number of rotatable bonds is 5. The molecule has 0 saturated carbocycles. The Morgan fingerprint density at radius 3 is 2.69 bits per heavy atom. The Morgan fingerprint density at radius 2 is 1.93 bits per heavy atom. The van der Waals surface area contributed by atoms with Gasteiger partial charge in [-0.15, -0.1) is 0 Å². The third-order valence-corrected chi connectivity index (χ3v) is 4.34. The standard InChI is InChI=1S/C21H14F3N3O2/c22-21(23,24)15-4-1-3-13(9-15)12-29-18-7-6-14(10-26-18)19(28)17-11-27-20-16(17)5-2-8-25-20/h1-11H,12H2,(H,25,27). The van der Waals surface area contributed by atoms with Crippen LogP contribution in [0.1, 0.15) is 27.0 Å². The third kappa shape index (κ3) is 3.96. The Bertz CT molecular complexity index is 1170. The molecule has 1 aromatic carbocycles. The summed E-state index contributed by atoms with van der Waals surface area (Å²) in [5, 5.41) is 0.711. The van der Waals surface area contributed by atoms with Crippen molar-refractivity contribution in [3.8, 4) is 5.88 Å². The lowest BCUT2D eigenvalue weighted by atomic mass is 10.1. The lowest BCUT2D eigenvalue weighted by Crippen LogP contribution is -2.06. The van der Waals surface area contributed by atoms with E-state index >= 15 is 0 Å². The summed E-state index contributed by atoms with van der Waals surface area (Å²) in [5.41, 5.74) is 1.09. The molecule has 0 spiro atoms. The second-order valence-electron chi connectivity index (χ2n) is 6.30. The van der Waals surface area contributed by atoms with Crippen LogP contribution in [0, 0.1) is 0 Å². The summed E-state index contributed by atoms with van der Waals surface area (Å²) in [7, 11) is 0. The van der Waals surface area contributed by atoms with E-state index in [1.165, 1.54) is 24.4 Å². The van der Waals surface area contributed by atoms with Gasteiger partial charge < -0.3 is 9.72 Å². The molecule has 0 fully saturated rings. The van der Waals surface area contributed by atoms with Gasteiger partial charge >= 0.3 is 6.18 Å². The summed E-state index contributed by atoms with van der Waals surface area (Å²) in [6, 6.07) is 11.5. The predicted molar refractivity (Wildman–Crippen MR) is 99.5 cm³/mol. The molecule has 3 aromatic heterocycles. The van der Waals surface area contributed by atoms with Gasteiger partial charge in [-0.05, 0) is 35.9 Å². The van der Waals surface area contributed by atoms with Gasteiger partial charge in [0.25, 0.3) is 0 Å². The monoisotopic (exact) mass is 397 g/mol. The van der Waals surface area contributed by atoms with Gasteiger partial charge in [0.05, 0.1) is 5.56 Å². The third-order valence-electron chi connectivity index (χ3n) is 4.34. The molecule has 4 aromatic rings. The zero-order chi connectivity index (χ0) is 20.4. The molecule has 0 amide bonds. The molecule has 0 atom stereocenters. The highest BCUT2D eigenvalue weighted by molar-refractivity contribution is 6.15. The normalized spacial score (nSPS) is 11.6. The fraction of sp³-hybridized carbons (Fsp3) is 0.0952. The van der Waals surface area contributed by atoms with E-state index in [0.717, 1.165) is 12.1 Å². The number of ketones is 1. The van der Waals surface area contributed by atoms with Crippen LogP contribution in [0.4, 0.5) is 13.2 Å². The number of pyridine rings is 2. The first kappa shape index (κ1) is 18.7. The molecule has 0 aliphatic rings. The van der Waals surface area contributed by atoms with Crippen molar-refractivity contribution in [3.05, 3.63) is 89.4 Å². The molecule has 0 bridgehead atoms. The first-order chi connectivity index (χ1) is 13.9. The topological polar surface area (TPSA) is 67.9 Å². The molecule has 0 radical (unpaired) electrons. The second-order valence-corrected chi connectivity index (χ2v) is 6.30. The van der Waals surface area contributed by atoms with Gasteiger partial charge in [0.2, 0.25) is 5.88 Å². The smallest absolute Gasteiger partial charge is 0.416 e. The highest BCUT2D eigenvalue weighted by Gasteiger charge is 2.30. The maximum atomic E-state index is 12.8. The van der Waals surface area contributed by atoms with E-state index in [1.54, 1.807) is 30.6 Å². The van der Waals surface area contributed by atoms with Crippen LogP contribution in [0.25, 0.3) is 11.0 Å². The number of nitrogens with one attached hydrogen (secondary N) is 1. The van der Waals surface area contributed by atoms with Gasteiger partial charge in [0, 0.05) is 41.2 Å². The molecule has 0 aliphatic carbocycles. The molecular formula is C21H14F3N3O2. The molecule has 4 rings (SSSR count). The fourth-order valence-electron chi connectivity index (χ4n) is 2.89. The minimum Gasteiger partial charge on any atom is -0.473 e. The number of ether oxygens (including phenoxy) is 1. The van der Waals surface area contributed by atoms with Gasteiger partial charge in [0.15, 0.2) is 5.78 Å². The summed E-state index contributed by atoms with van der Waals surface area (Å²) >= 11 is 0. The minimum atomic E-state index is -4.41. The molecule has 0 aliphatic heterocycles. The van der Waals surface area contributed by atoms with Crippen molar-refractivity contribution in [1.82, 2.24) is 15.0 Å². The molecular weight excluding hydrogens is 383 g/mol. The van der Waals surface area contributed by atoms with Crippen LogP contribution in [-0.4, -0.2) is 20.7 Å². The molecule has 3 heterocycles. The minimum absolute atomic E-state index is 0.0711. The molecule has 1 N–H and O–H groups in total. The number of aromatic nitrogens is 3. The number of halogens is 3. The van der Waals surface area contributed by atoms with Gasteiger partial charge in [-0.2, -0.15) is 13.2 Å². The summed E-state index contributed by atoms with van der Waals surface area (Å²) in [4.78, 5) is 23.9. The number of fused-ring (bicyclic) bond motifs is 1. The highest BCUT2D eigenvalue weighted by Crippen LogP contribution is 2.29. The van der Waals surface area contributed by atoms with Gasteiger partial charge in [-0.1, -0.05) is 12.1 Å². The number of hydrogen-bond acceptors (Lipinski definition) is 4. The number of carbonyl (C=O) groups excluding carboxylic acids is 1. The number of benzene rings is 1. The van der Waals surface area contributed by atoms with Crippen LogP contribution in [-0.2, 0) is 12.8 Å². The van der Waals surface area contributed by atoms with E-state index in [9.17, 15) is 18.0 Å². The van der Waals surface area contributed by atoms with E-state index in [4.69, 9.17) is 4.74 Å². The number of nitrogens with zero attached hydrogens (tertiary/aromatic N) is 2. The molecule has 8 heteroatoms. The van der Waals surface area contributed by atoms with Crippen LogP contribution in [0.15, 0.2) is 67.1 Å². The predicted octanol–water partition coefficient (Wildman–Crippen LogP) is 4.79. The fourth-order valence-corrected chi connectivity index (χ4v) is 2.89. The molecule has 0 unspecified atom stereocenters. The Balaban J connectivity index is 1.46. The summed E-state index contributed by atoms with van der Waals surface area (Å²) < 4.78 is 43.8. The Labute approximate surface area is 163 Å². The highest BCUT2D eigenvalue weighted by atomic mass is 19.4. The van der Waals surface area contributed by atoms with E-state index in [0.29, 0.717) is 27.7 Å². The molecule has 29 heavy (non-hydrogen) atoms. The Kier molecular flexibility index (Phi) is 4.75. The molecule has 5 nitrogen and oxygen atoms in total.